The van der Waals surface area contributed by atoms with Gasteiger partial charge in [0.05, 0.1) is 0 Å². The zero-order valence-electron chi connectivity index (χ0n) is 11.7. The highest BCUT2D eigenvalue weighted by Gasteiger charge is 2.27. The summed E-state index contributed by atoms with van der Waals surface area (Å²) in [5.41, 5.74) is 8.31. The van der Waals surface area contributed by atoms with Crippen LogP contribution < -0.4 is 10.6 Å². The van der Waals surface area contributed by atoms with E-state index in [1.54, 1.807) is 17.0 Å². The number of amides is 1. The molecule has 0 aliphatic carbocycles. The van der Waals surface area contributed by atoms with E-state index in [-0.39, 0.29) is 16.9 Å². The third kappa shape index (κ3) is 2.72. The standard InChI is InChI=1S/C16H16ClN3O/c1-10-6-11-4-2-3-5-13(11)20(9-10)16(21)12-7-14(17)19-15(18)8-12/h2-5,7-8,10H,6,9H2,1H3,(H2,18,19). The van der Waals surface area contributed by atoms with Crippen molar-refractivity contribution in [2.75, 3.05) is 17.2 Å². The van der Waals surface area contributed by atoms with E-state index in [0.29, 0.717) is 18.0 Å². The van der Waals surface area contributed by atoms with Crippen molar-refractivity contribution in [2.45, 2.75) is 13.3 Å². The van der Waals surface area contributed by atoms with Crippen molar-refractivity contribution in [3.8, 4) is 0 Å². The van der Waals surface area contributed by atoms with E-state index in [2.05, 4.69) is 18.0 Å². The van der Waals surface area contributed by atoms with Crippen LogP contribution in [0.3, 0.4) is 0 Å². The van der Waals surface area contributed by atoms with Crippen molar-refractivity contribution in [1.82, 2.24) is 4.98 Å². The van der Waals surface area contributed by atoms with Crippen molar-refractivity contribution in [3.63, 3.8) is 0 Å². The van der Waals surface area contributed by atoms with Crippen LogP contribution in [0.4, 0.5) is 11.5 Å². The van der Waals surface area contributed by atoms with E-state index in [9.17, 15) is 4.79 Å². The van der Waals surface area contributed by atoms with E-state index in [1.807, 2.05) is 18.2 Å². The molecule has 1 aliphatic heterocycles. The predicted octanol–water partition coefficient (Wildman–Crippen LogP) is 3.16. The number of aromatic nitrogens is 1. The number of nitrogen functional groups attached to an aromatic ring is 1. The quantitative estimate of drug-likeness (QED) is 0.823. The summed E-state index contributed by atoms with van der Waals surface area (Å²) in [5, 5.41) is 0.233. The second kappa shape index (κ2) is 5.37. The highest BCUT2D eigenvalue weighted by atomic mass is 35.5. The Bertz CT molecular complexity index is 681. The molecule has 0 saturated heterocycles. The molecule has 0 bridgehead atoms. The second-order valence-corrected chi connectivity index (χ2v) is 5.84. The molecule has 0 saturated carbocycles. The van der Waals surface area contributed by atoms with Crippen LogP contribution >= 0.6 is 11.6 Å². The molecule has 108 valence electrons. The number of pyridine rings is 1. The average molecular weight is 302 g/mol. The number of para-hydroxylation sites is 1. The van der Waals surface area contributed by atoms with Crippen LogP contribution in [-0.4, -0.2) is 17.4 Å². The Morgan fingerprint density at radius 3 is 2.90 bits per heavy atom. The maximum Gasteiger partial charge on any atom is 0.258 e. The molecule has 0 spiro atoms. The number of carbonyl (C=O) groups is 1. The monoisotopic (exact) mass is 301 g/mol. The predicted molar refractivity (Wildman–Crippen MR) is 84.6 cm³/mol. The van der Waals surface area contributed by atoms with E-state index in [0.717, 1.165) is 12.1 Å². The van der Waals surface area contributed by atoms with Crippen LogP contribution in [0.15, 0.2) is 36.4 Å². The van der Waals surface area contributed by atoms with Gasteiger partial charge in [-0.2, -0.15) is 0 Å². The SMILES string of the molecule is CC1Cc2ccccc2N(C(=O)c2cc(N)nc(Cl)c2)C1. The fraction of sp³-hybridized carbons (Fsp3) is 0.250. The number of carbonyl (C=O) groups excluding carboxylic acids is 1. The fourth-order valence-electron chi connectivity index (χ4n) is 2.79. The maximum absolute atomic E-state index is 12.8. The summed E-state index contributed by atoms with van der Waals surface area (Å²) in [7, 11) is 0. The Balaban J connectivity index is 2.02. The Morgan fingerprint density at radius 1 is 1.38 bits per heavy atom. The topological polar surface area (TPSA) is 59.2 Å². The highest BCUT2D eigenvalue weighted by molar-refractivity contribution is 6.30. The molecule has 1 amide bonds. The van der Waals surface area contributed by atoms with Crippen LogP contribution in [0, 0.1) is 5.92 Å². The van der Waals surface area contributed by atoms with Gasteiger partial charge in [0.25, 0.3) is 5.91 Å². The molecule has 0 radical (unpaired) electrons. The van der Waals surface area contributed by atoms with Crippen LogP contribution in [0.25, 0.3) is 0 Å². The number of halogens is 1. The van der Waals surface area contributed by atoms with Crippen LogP contribution in [0.2, 0.25) is 5.15 Å². The first kappa shape index (κ1) is 13.9. The van der Waals surface area contributed by atoms with Gasteiger partial charge in [-0.3, -0.25) is 4.79 Å². The van der Waals surface area contributed by atoms with Crippen LogP contribution in [0.1, 0.15) is 22.8 Å². The number of nitrogens with zero attached hydrogens (tertiary/aromatic N) is 2. The summed E-state index contributed by atoms with van der Waals surface area (Å²) in [6.07, 6.45) is 0.985. The average Bonchev–Trinajstić information content (AvgIpc) is 2.44. The zero-order chi connectivity index (χ0) is 15.0. The minimum atomic E-state index is -0.0926. The summed E-state index contributed by atoms with van der Waals surface area (Å²) in [5.74, 6) is 0.577. The molecule has 1 aromatic heterocycles. The molecule has 21 heavy (non-hydrogen) atoms. The number of nitrogens with two attached hydrogens (primary N) is 1. The van der Waals surface area contributed by atoms with Crippen molar-refractivity contribution < 1.29 is 4.79 Å². The number of fused-ring (bicyclic) bond motifs is 1. The lowest BCUT2D eigenvalue weighted by atomic mass is 9.93. The van der Waals surface area contributed by atoms with Gasteiger partial charge in [0.15, 0.2) is 0 Å². The van der Waals surface area contributed by atoms with Gasteiger partial charge < -0.3 is 10.6 Å². The molecule has 1 atom stereocenters. The van der Waals surface area contributed by atoms with Crippen molar-refractivity contribution in [1.29, 1.82) is 0 Å². The summed E-state index contributed by atoms with van der Waals surface area (Å²) in [4.78, 5) is 18.5. The van der Waals surface area contributed by atoms with Gasteiger partial charge in [-0.25, -0.2) is 4.98 Å². The zero-order valence-corrected chi connectivity index (χ0v) is 12.5. The molecule has 0 fully saturated rings. The van der Waals surface area contributed by atoms with Gasteiger partial charge in [0.2, 0.25) is 0 Å². The third-order valence-electron chi connectivity index (χ3n) is 3.65. The van der Waals surface area contributed by atoms with Crippen molar-refractivity contribution in [3.05, 3.63) is 52.7 Å². The molecule has 1 aromatic carbocycles. The molecule has 1 unspecified atom stereocenters. The lowest BCUT2D eigenvalue weighted by Gasteiger charge is -2.33. The molecule has 1 aliphatic rings. The van der Waals surface area contributed by atoms with E-state index in [1.165, 1.54) is 5.56 Å². The number of benzene rings is 1. The lowest BCUT2D eigenvalue weighted by molar-refractivity contribution is 0.0981. The molecule has 3 rings (SSSR count). The molecule has 2 N–H and O–H groups in total. The summed E-state index contributed by atoms with van der Waals surface area (Å²) in [6.45, 7) is 2.83. The minimum Gasteiger partial charge on any atom is -0.384 e. The van der Waals surface area contributed by atoms with Crippen LogP contribution in [-0.2, 0) is 6.42 Å². The van der Waals surface area contributed by atoms with Crippen molar-refractivity contribution >= 4 is 29.0 Å². The van der Waals surface area contributed by atoms with Gasteiger partial charge in [0.1, 0.15) is 11.0 Å². The number of rotatable bonds is 1. The summed E-state index contributed by atoms with van der Waals surface area (Å²) >= 11 is 5.90. The maximum atomic E-state index is 12.8. The number of hydrogen-bond acceptors (Lipinski definition) is 3. The number of hydrogen-bond donors (Lipinski definition) is 1. The second-order valence-electron chi connectivity index (χ2n) is 5.46. The Morgan fingerprint density at radius 2 is 2.14 bits per heavy atom. The van der Waals surface area contributed by atoms with E-state index in [4.69, 9.17) is 17.3 Å². The van der Waals surface area contributed by atoms with Crippen LogP contribution in [0.5, 0.6) is 0 Å². The van der Waals surface area contributed by atoms with Gasteiger partial charge in [-0.1, -0.05) is 36.7 Å². The third-order valence-corrected chi connectivity index (χ3v) is 3.84. The van der Waals surface area contributed by atoms with E-state index < -0.39 is 0 Å². The highest BCUT2D eigenvalue weighted by Crippen LogP contribution is 2.31. The Labute approximate surface area is 128 Å². The fourth-order valence-corrected chi connectivity index (χ4v) is 3.00. The van der Waals surface area contributed by atoms with E-state index >= 15 is 0 Å². The molecule has 2 aromatic rings. The Kier molecular flexibility index (Phi) is 3.55. The first-order valence-corrected chi connectivity index (χ1v) is 7.25. The number of anilines is 2. The largest absolute Gasteiger partial charge is 0.384 e. The summed E-state index contributed by atoms with van der Waals surface area (Å²) in [6, 6.07) is 11.1. The van der Waals surface area contributed by atoms with Crippen molar-refractivity contribution in [2.24, 2.45) is 5.92 Å². The molecular weight excluding hydrogens is 286 g/mol. The first-order valence-electron chi connectivity index (χ1n) is 6.87. The van der Waals surface area contributed by atoms with Gasteiger partial charge in [-0.15, -0.1) is 0 Å². The normalized spacial score (nSPS) is 17.4. The molecular formula is C16H16ClN3O. The molecule has 2 heterocycles. The lowest BCUT2D eigenvalue weighted by Crippen LogP contribution is -2.39. The minimum absolute atomic E-state index is 0.0926. The Hall–Kier alpha value is -2.07. The van der Waals surface area contributed by atoms with Gasteiger partial charge >= 0.3 is 0 Å². The first-order chi connectivity index (χ1) is 10.0. The molecule has 5 heteroatoms. The van der Waals surface area contributed by atoms with Gasteiger partial charge in [-0.05, 0) is 36.1 Å². The van der Waals surface area contributed by atoms with Gasteiger partial charge in [0, 0.05) is 17.8 Å². The molecule has 4 nitrogen and oxygen atoms in total. The summed E-state index contributed by atoms with van der Waals surface area (Å²) < 4.78 is 0. The smallest absolute Gasteiger partial charge is 0.258 e.